The first-order valence-corrected chi connectivity index (χ1v) is 9.33. The minimum Gasteiger partial charge on any atom is -0.392 e. The fourth-order valence-corrected chi connectivity index (χ4v) is 3.25. The summed E-state index contributed by atoms with van der Waals surface area (Å²) in [7, 11) is 0. The van der Waals surface area contributed by atoms with Gasteiger partial charge in [0, 0.05) is 45.3 Å². The smallest absolute Gasteiger partial charge is 0.236 e. The van der Waals surface area contributed by atoms with Crippen molar-refractivity contribution in [3.05, 3.63) is 35.4 Å². The quantitative estimate of drug-likeness (QED) is 0.816. The fraction of sp³-hybridized carbons (Fsp3) is 0.650. The van der Waals surface area contributed by atoms with Crippen molar-refractivity contribution < 1.29 is 9.90 Å². The number of hydrogen-bond donors (Lipinski definition) is 1. The number of benzene rings is 1. The Labute approximate surface area is 152 Å². The summed E-state index contributed by atoms with van der Waals surface area (Å²) >= 11 is 0. The molecule has 2 rings (SSSR count). The lowest BCUT2D eigenvalue weighted by atomic mass is 10.1. The summed E-state index contributed by atoms with van der Waals surface area (Å²) in [5.41, 5.74) is 2.69. The molecule has 0 radical (unpaired) electrons. The standard InChI is InChI=1S/C20H33N3O2/c1-16(2)23(13-18(4)24)15-20(25)22-11-9-21(10-12-22)14-19-8-6-5-7-17(19)3/h5-8,16,18,24H,9-15H2,1-4H3. The van der Waals surface area contributed by atoms with E-state index in [2.05, 4.69) is 49.9 Å². The molecule has 1 atom stereocenters. The number of piperazine rings is 1. The predicted octanol–water partition coefficient (Wildman–Crippen LogP) is 1.73. The number of aryl methyl sites for hydroxylation is 1. The number of hydrogen-bond acceptors (Lipinski definition) is 4. The van der Waals surface area contributed by atoms with Crippen molar-refractivity contribution in [2.75, 3.05) is 39.3 Å². The van der Waals surface area contributed by atoms with Crippen LogP contribution in [0.5, 0.6) is 0 Å². The van der Waals surface area contributed by atoms with E-state index in [1.54, 1.807) is 6.92 Å². The van der Waals surface area contributed by atoms with E-state index in [-0.39, 0.29) is 11.9 Å². The van der Waals surface area contributed by atoms with Crippen LogP contribution >= 0.6 is 0 Å². The van der Waals surface area contributed by atoms with Crippen molar-refractivity contribution in [1.82, 2.24) is 14.7 Å². The molecule has 0 aliphatic carbocycles. The zero-order valence-corrected chi connectivity index (χ0v) is 16.1. The molecule has 0 spiro atoms. The molecule has 1 fully saturated rings. The summed E-state index contributed by atoms with van der Waals surface area (Å²) in [5, 5.41) is 9.62. The van der Waals surface area contributed by atoms with E-state index in [9.17, 15) is 9.90 Å². The lowest BCUT2D eigenvalue weighted by molar-refractivity contribution is -0.135. The van der Waals surface area contributed by atoms with Gasteiger partial charge in [0.25, 0.3) is 0 Å². The van der Waals surface area contributed by atoms with Crippen LogP contribution in [0.4, 0.5) is 0 Å². The summed E-state index contributed by atoms with van der Waals surface area (Å²) in [4.78, 5) is 19.0. The second kappa shape index (κ2) is 9.32. The fourth-order valence-electron chi connectivity index (χ4n) is 3.25. The molecule has 1 heterocycles. The lowest BCUT2D eigenvalue weighted by Gasteiger charge is -2.36. The van der Waals surface area contributed by atoms with Gasteiger partial charge in [-0.1, -0.05) is 24.3 Å². The minimum atomic E-state index is -0.416. The molecule has 1 saturated heterocycles. The summed E-state index contributed by atoms with van der Waals surface area (Å²) in [6.07, 6.45) is -0.416. The molecule has 0 aromatic heterocycles. The Morgan fingerprint density at radius 1 is 1.16 bits per heavy atom. The monoisotopic (exact) mass is 347 g/mol. The zero-order chi connectivity index (χ0) is 18.4. The summed E-state index contributed by atoms with van der Waals surface area (Å²) in [5.74, 6) is 0.171. The SMILES string of the molecule is Cc1ccccc1CN1CCN(C(=O)CN(CC(C)O)C(C)C)CC1. The molecule has 1 aromatic carbocycles. The second-order valence-corrected chi connectivity index (χ2v) is 7.46. The number of carbonyl (C=O) groups is 1. The molecule has 1 aromatic rings. The van der Waals surface area contributed by atoms with Crippen molar-refractivity contribution in [1.29, 1.82) is 0 Å². The van der Waals surface area contributed by atoms with E-state index in [0.29, 0.717) is 13.1 Å². The van der Waals surface area contributed by atoms with Crippen LogP contribution in [-0.4, -0.2) is 77.1 Å². The van der Waals surface area contributed by atoms with Gasteiger partial charge in [-0.3, -0.25) is 14.6 Å². The number of aliphatic hydroxyl groups is 1. The van der Waals surface area contributed by atoms with Crippen LogP contribution in [0.2, 0.25) is 0 Å². The Balaban J connectivity index is 1.82. The third-order valence-corrected chi connectivity index (χ3v) is 4.95. The Kier molecular flexibility index (Phi) is 7.41. The highest BCUT2D eigenvalue weighted by atomic mass is 16.3. The van der Waals surface area contributed by atoms with Crippen molar-refractivity contribution in [3.8, 4) is 0 Å². The van der Waals surface area contributed by atoms with Crippen molar-refractivity contribution >= 4 is 5.91 Å². The summed E-state index contributed by atoms with van der Waals surface area (Å²) in [6, 6.07) is 8.75. The first-order valence-electron chi connectivity index (χ1n) is 9.33. The van der Waals surface area contributed by atoms with E-state index < -0.39 is 6.10 Å². The van der Waals surface area contributed by atoms with Gasteiger partial charge in [0.2, 0.25) is 5.91 Å². The number of aliphatic hydroxyl groups excluding tert-OH is 1. The molecular weight excluding hydrogens is 314 g/mol. The Morgan fingerprint density at radius 2 is 1.80 bits per heavy atom. The normalized spacial score (nSPS) is 17.3. The Hall–Kier alpha value is -1.43. The van der Waals surface area contributed by atoms with E-state index in [1.807, 2.05) is 9.80 Å². The van der Waals surface area contributed by atoms with E-state index in [4.69, 9.17) is 0 Å². The van der Waals surface area contributed by atoms with Gasteiger partial charge in [-0.25, -0.2) is 0 Å². The number of carbonyl (C=O) groups excluding carboxylic acids is 1. The van der Waals surface area contributed by atoms with Crippen LogP contribution in [0.15, 0.2) is 24.3 Å². The van der Waals surface area contributed by atoms with Gasteiger partial charge in [0.05, 0.1) is 12.6 Å². The summed E-state index contributed by atoms with van der Waals surface area (Å²) < 4.78 is 0. The first kappa shape index (κ1) is 19.9. The van der Waals surface area contributed by atoms with Gasteiger partial charge >= 0.3 is 0 Å². The molecule has 0 bridgehead atoms. The maximum absolute atomic E-state index is 12.6. The van der Waals surface area contributed by atoms with Crippen molar-refractivity contribution in [2.24, 2.45) is 0 Å². The van der Waals surface area contributed by atoms with Gasteiger partial charge in [-0.2, -0.15) is 0 Å². The average Bonchev–Trinajstić information content (AvgIpc) is 2.56. The van der Waals surface area contributed by atoms with Crippen LogP contribution in [0.3, 0.4) is 0 Å². The molecule has 5 nitrogen and oxygen atoms in total. The maximum Gasteiger partial charge on any atom is 0.236 e. The van der Waals surface area contributed by atoms with Crippen molar-refractivity contribution in [2.45, 2.75) is 46.4 Å². The number of amides is 1. The molecule has 5 heteroatoms. The topological polar surface area (TPSA) is 47.0 Å². The van der Waals surface area contributed by atoms with Crippen LogP contribution in [0.1, 0.15) is 31.9 Å². The minimum absolute atomic E-state index is 0.171. The summed E-state index contributed by atoms with van der Waals surface area (Å²) in [6.45, 7) is 13.3. The van der Waals surface area contributed by atoms with Crippen molar-refractivity contribution in [3.63, 3.8) is 0 Å². The molecule has 1 aliphatic heterocycles. The third kappa shape index (κ3) is 6.10. The number of nitrogens with zero attached hydrogens (tertiary/aromatic N) is 3. The Bertz CT molecular complexity index is 552. The van der Waals surface area contributed by atoms with E-state index in [1.165, 1.54) is 11.1 Å². The first-order chi connectivity index (χ1) is 11.9. The Morgan fingerprint density at radius 3 is 2.36 bits per heavy atom. The second-order valence-electron chi connectivity index (χ2n) is 7.46. The molecule has 1 aliphatic rings. The van der Waals surface area contributed by atoms with Crippen LogP contribution in [0, 0.1) is 6.92 Å². The van der Waals surface area contributed by atoms with Crippen LogP contribution < -0.4 is 0 Å². The van der Waals surface area contributed by atoms with Gasteiger partial charge in [0.15, 0.2) is 0 Å². The van der Waals surface area contributed by atoms with Gasteiger partial charge in [0.1, 0.15) is 0 Å². The largest absolute Gasteiger partial charge is 0.392 e. The average molecular weight is 348 g/mol. The number of rotatable bonds is 7. The van der Waals surface area contributed by atoms with Crippen LogP contribution in [-0.2, 0) is 11.3 Å². The van der Waals surface area contributed by atoms with Gasteiger partial charge in [-0.05, 0) is 38.8 Å². The molecular formula is C20H33N3O2. The highest BCUT2D eigenvalue weighted by molar-refractivity contribution is 5.78. The molecule has 140 valence electrons. The van der Waals surface area contributed by atoms with E-state index >= 15 is 0 Å². The molecule has 25 heavy (non-hydrogen) atoms. The molecule has 1 unspecified atom stereocenters. The highest BCUT2D eigenvalue weighted by Crippen LogP contribution is 2.13. The molecule has 0 saturated carbocycles. The van der Waals surface area contributed by atoms with E-state index in [0.717, 1.165) is 32.7 Å². The predicted molar refractivity (Wildman–Crippen MR) is 101 cm³/mol. The molecule has 1 N–H and O–H groups in total. The zero-order valence-electron chi connectivity index (χ0n) is 16.1. The molecule has 1 amide bonds. The van der Waals surface area contributed by atoms with Gasteiger partial charge in [-0.15, -0.1) is 0 Å². The lowest BCUT2D eigenvalue weighted by Crippen LogP contribution is -2.52. The van der Waals surface area contributed by atoms with Crippen LogP contribution in [0.25, 0.3) is 0 Å². The third-order valence-electron chi connectivity index (χ3n) is 4.95. The van der Waals surface area contributed by atoms with Gasteiger partial charge < -0.3 is 10.0 Å². The highest BCUT2D eigenvalue weighted by Gasteiger charge is 2.24. The maximum atomic E-state index is 12.6.